The molecule has 0 aliphatic rings. The molecule has 2 rings (SSSR count). The van der Waals surface area contributed by atoms with Crippen LogP contribution in [0, 0.1) is 5.92 Å². The normalized spacial score (nSPS) is 13.3. The van der Waals surface area contributed by atoms with Crippen molar-refractivity contribution in [2.24, 2.45) is 5.92 Å². The Hall–Kier alpha value is -1.78. The van der Waals surface area contributed by atoms with Crippen molar-refractivity contribution in [3.8, 4) is 0 Å². The van der Waals surface area contributed by atoms with Gasteiger partial charge in [-0.2, -0.15) is 0 Å². The summed E-state index contributed by atoms with van der Waals surface area (Å²) in [6.07, 6.45) is 0.615. The molecule has 0 aliphatic carbocycles. The lowest BCUT2D eigenvalue weighted by Crippen LogP contribution is -2.39. The number of hydrogen-bond donors (Lipinski definition) is 1. The lowest BCUT2D eigenvalue weighted by Gasteiger charge is -2.26. The third kappa shape index (κ3) is 5.11. The van der Waals surface area contributed by atoms with Crippen molar-refractivity contribution in [3.63, 3.8) is 0 Å². The second kappa shape index (κ2) is 9.50. The van der Waals surface area contributed by atoms with E-state index in [2.05, 4.69) is 12.1 Å². The van der Waals surface area contributed by atoms with E-state index in [9.17, 15) is 9.90 Å². The van der Waals surface area contributed by atoms with Crippen LogP contribution in [-0.4, -0.2) is 29.9 Å². The van der Waals surface area contributed by atoms with E-state index in [0.717, 1.165) is 11.4 Å². The zero-order valence-electron chi connectivity index (χ0n) is 14.3. The zero-order chi connectivity index (χ0) is 17.4. The lowest BCUT2D eigenvalue weighted by molar-refractivity contribution is -0.125. The summed E-state index contributed by atoms with van der Waals surface area (Å²) in [7, 11) is 1.77. The van der Waals surface area contributed by atoms with E-state index in [1.54, 1.807) is 23.7 Å². The molecule has 4 heteroatoms. The highest BCUT2D eigenvalue weighted by Gasteiger charge is 2.28. The number of nitrogens with zero attached hydrogens (tertiary/aromatic N) is 1. The molecule has 0 aromatic heterocycles. The fourth-order valence-corrected chi connectivity index (χ4v) is 3.60. The number of carbonyl (C=O) groups is 1. The van der Waals surface area contributed by atoms with E-state index in [1.807, 2.05) is 55.5 Å². The van der Waals surface area contributed by atoms with Gasteiger partial charge in [-0.25, -0.2) is 0 Å². The summed E-state index contributed by atoms with van der Waals surface area (Å²) in [5.74, 6) is 0.400. The van der Waals surface area contributed by atoms with E-state index in [0.29, 0.717) is 12.8 Å². The van der Waals surface area contributed by atoms with Crippen LogP contribution in [0.25, 0.3) is 0 Å². The van der Waals surface area contributed by atoms with Crippen LogP contribution in [0.3, 0.4) is 0 Å². The molecule has 2 aromatic carbocycles. The van der Waals surface area contributed by atoms with Gasteiger partial charge in [0.05, 0.1) is 12.0 Å². The van der Waals surface area contributed by atoms with Crippen LogP contribution in [0.5, 0.6) is 0 Å². The third-order valence-corrected chi connectivity index (χ3v) is 5.17. The maximum atomic E-state index is 12.7. The molecule has 3 nitrogen and oxygen atoms in total. The highest BCUT2D eigenvalue weighted by Crippen LogP contribution is 2.23. The molecule has 0 heterocycles. The molecule has 0 fully saturated rings. The van der Waals surface area contributed by atoms with E-state index in [-0.39, 0.29) is 11.8 Å². The number of aliphatic hydroxyl groups is 1. The van der Waals surface area contributed by atoms with Crippen LogP contribution < -0.4 is 4.90 Å². The molecule has 0 bridgehead atoms. The number of anilines is 1. The Morgan fingerprint density at radius 3 is 2.25 bits per heavy atom. The third-order valence-electron chi connectivity index (χ3n) is 4.12. The first kappa shape index (κ1) is 18.6. The van der Waals surface area contributed by atoms with Crippen LogP contribution in [0.4, 0.5) is 5.69 Å². The predicted octanol–water partition coefficient (Wildman–Crippen LogP) is 4.22. The Labute approximate surface area is 148 Å². The molecule has 128 valence electrons. The fraction of sp³-hybridized carbons (Fsp3) is 0.350. The molecule has 0 radical (unpaired) electrons. The number of aliphatic hydroxyl groups excluding tert-OH is 1. The van der Waals surface area contributed by atoms with Gasteiger partial charge in [-0.1, -0.05) is 43.3 Å². The number of amides is 1. The number of hydrogen-bond acceptors (Lipinski definition) is 3. The SMILES string of the molecule is CCC(C(=O)N(C)c1ccccc1)C(O)CCSc1ccccc1. The molecule has 0 spiro atoms. The van der Waals surface area contributed by atoms with Gasteiger partial charge in [0.2, 0.25) is 5.91 Å². The number of benzene rings is 2. The number of carbonyl (C=O) groups excluding carboxylic acids is 1. The van der Waals surface area contributed by atoms with Gasteiger partial charge in [0.15, 0.2) is 0 Å². The first-order valence-corrected chi connectivity index (χ1v) is 9.30. The minimum absolute atomic E-state index is 0.0269. The fourth-order valence-electron chi connectivity index (χ4n) is 2.65. The molecule has 2 aromatic rings. The molecule has 24 heavy (non-hydrogen) atoms. The summed E-state index contributed by atoms with van der Waals surface area (Å²) >= 11 is 1.71. The Balaban J connectivity index is 1.90. The van der Waals surface area contributed by atoms with E-state index < -0.39 is 6.10 Å². The van der Waals surface area contributed by atoms with Crippen molar-refractivity contribution in [1.29, 1.82) is 0 Å². The van der Waals surface area contributed by atoms with Crippen molar-refractivity contribution in [2.75, 3.05) is 17.7 Å². The second-order valence-electron chi connectivity index (χ2n) is 5.77. The highest BCUT2D eigenvalue weighted by atomic mass is 32.2. The van der Waals surface area contributed by atoms with Gasteiger partial charge in [0, 0.05) is 23.4 Å². The molecule has 1 N–H and O–H groups in total. The Morgan fingerprint density at radius 1 is 1.08 bits per heavy atom. The number of rotatable bonds is 8. The van der Waals surface area contributed by atoms with Gasteiger partial charge in [-0.15, -0.1) is 11.8 Å². The van der Waals surface area contributed by atoms with Gasteiger partial charge < -0.3 is 10.0 Å². The zero-order valence-corrected chi connectivity index (χ0v) is 15.1. The van der Waals surface area contributed by atoms with Gasteiger partial charge >= 0.3 is 0 Å². The minimum atomic E-state index is -0.620. The molecule has 1 amide bonds. The largest absolute Gasteiger partial charge is 0.392 e. The summed E-state index contributed by atoms with van der Waals surface area (Å²) in [4.78, 5) is 15.5. The number of thioether (sulfide) groups is 1. The van der Waals surface area contributed by atoms with E-state index in [1.165, 1.54) is 4.90 Å². The van der Waals surface area contributed by atoms with E-state index in [4.69, 9.17) is 0 Å². The molecule has 0 saturated carbocycles. The average Bonchev–Trinajstić information content (AvgIpc) is 2.63. The van der Waals surface area contributed by atoms with Crippen molar-refractivity contribution >= 4 is 23.4 Å². The topological polar surface area (TPSA) is 40.5 Å². The van der Waals surface area contributed by atoms with Crippen molar-refractivity contribution in [1.82, 2.24) is 0 Å². The van der Waals surface area contributed by atoms with Crippen LogP contribution >= 0.6 is 11.8 Å². The van der Waals surface area contributed by atoms with Crippen LogP contribution in [0.2, 0.25) is 0 Å². The second-order valence-corrected chi connectivity index (χ2v) is 6.93. The van der Waals surface area contributed by atoms with Crippen LogP contribution in [0.1, 0.15) is 19.8 Å². The molecular formula is C20H25NO2S. The van der Waals surface area contributed by atoms with Gasteiger partial charge in [0.1, 0.15) is 0 Å². The molecule has 2 atom stereocenters. The maximum absolute atomic E-state index is 12.7. The Morgan fingerprint density at radius 2 is 1.67 bits per heavy atom. The smallest absolute Gasteiger partial charge is 0.232 e. The standard InChI is InChI=1S/C20H25NO2S/c1-3-18(20(23)21(2)16-10-6-4-7-11-16)19(22)14-15-24-17-12-8-5-9-13-17/h4-13,18-19,22H,3,14-15H2,1-2H3. The van der Waals surface area contributed by atoms with Crippen LogP contribution in [-0.2, 0) is 4.79 Å². The molecule has 0 aliphatic heterocycles. The summed E-state index contributed by atoms with van der Waals surface area (Å²) in [6, 6.07) is 19.7. The first-order valence-electron chi connectivity index (χ1n) is 8.32. The molecular weight excluding hydrogens is 318 g/mol. The van der Waals surface area contributed by atoms with Gasteiger partial charge in [-0.05, 0) is 37.1 Å². The number of para-hydroxylation sites is 1. The van der Waals surface area contributed by atoms with Crippen molar-refractivity contribution in [3.05, 3.63) is 60.7 Å². The Bertz CT molecular complexity index is 618. The lowest BCUT2D eigenvalue weighted by atomic mass is 9.95. The molecule has 0 saturated heterocycles. The van der Waals surface area contributed by atoms with E-state index >= 15 is 0 Å². The monoisotopic (exact) mass is 343 g/mol. The summed E-state index contributed by atoms with van der Waals surface area (Å²) < 4.78 is 0. The van der Waals surface area contributed by atoms with Crippen molar-refractivity contribution in [2.45, 2.75) is 30.8 Å². The minimum Gasteiger partial charge on any atom is -0.392 e. The maximum Gasteiger partial charge on any atom is 0.232 e. The first-order chi connectivity index (χ1) is 11.6. The quantitative estimate of drug-likeness (QED) is 0.730. The molecule has 2 unspecified atom stereocenters. The predicted molar refractivity (Wildman–Crippen MR) is 101 cm³/mol. The summed E-state index contributed by atoms with van der Waals surface area (Å²) in [5, 5.41) is 10.5. The Kier molecular flexibility index (Phi) is 7.35. The summed E-state index contributed by atoms with van der Waals surface area (Å²) in [5.41, 5.74) is 0.854. The van der Waals surface area contributed by atoms with Gasteiger partial charge in [0.25, 0.3) is 0 Å². The average molecular weight is 343 g/mol. The van der Waals surface area contributed by atoms with Crippen molar-refractivity contribution < 1.29 is 9.90 Å². The van der Waals surface area contributed by atoms with Gasteiger partial charge in [-0.3, -0.25) is 4.79 Å². The summed E-state index contributed by atoms with van der Waals surface area (Å²) in [6.45, 7) is 1.95. The highest BCUT2D eigenvalue weighted by molar-refractivity contribution is 7.99. The van der Waals surface area contributed by atoms with Crippen LogP contribution in [0.15, 0.2) is 65.6 Å².